The van der Waals surface area contributed by atoms with Gasteiger partial charge in [-0.2, -0.15) is 0 Å². The molecule has 1 unspecified atom stereocenters. The zero-order chi connectivity index (χ0) is 15.2. The van der Waals surface area contributed by atoms with Gasteiger partial charge < -0.3 is 10.1 Å². The zero-order valence-electron chi connectivity index (χ0n) is 12.2. The molecule has 21 heavy (non-hydrogen) atoms. The third-order valence-corrected chi connectivity index (χ3v) is 4.21. The van der Waals surface area contributed by atoms with Crippen molar-refractivity contribution in [1.29, 1.82) is 0 Å². The van der Waals surface area contributed by atoms with Crippen molar-refractivity contribution in [3.05, 3.63) is 63.1 Å². The maximum absolute atomic E-state index is 6.24. The molecular weight excluding hydrogens is 350 g/mol. The van der Waals surface area contributed by atoms with Crippen molar-refractivity contribution in [3.8, 4) is 5.75 Å². The van der Waals surface area contributed by atoms with E-state index in [1.807, 2.05) is 12.1 Å². The topological polar surface area (TPSA) is 21.3 Å². The molecule has 0 spiro atoms. The maximum atomic E-state index is 6.24. The molecule has 1 N–H and O–H groups in total. The van der Waals surface area contributed by atoms with Gasteiger partial charge in [-0.1, -0.05) is 52.7 Å². The number of methoxy groups -OCH3 is 1. The highest BCUT2D eigenvalue weighted by atomic mass is 79.9. The summed E-state index contributed by atoms with van der Waals surface area (Å²) in [5.41, 5.74) is 2.46. The van der Waals surface area contributed by atoms with Crippen LogP contribution in [0.15, 0.2) is 46.9 Å². The highest BCUT2D eigenvalue weighted by Crippen LogP contribution is 2.29. The van der Waals surface area contributed by atoms with Gasteiger partial charge in [-0.25, -0.2) is 0 Å². The van der Waals surface area contributed by atoms with Crippen molar-refractivity contribution in [2.45, 2.75) is 19.4 Å². The molecule has 112 valence electrons. The zero-order valence-corrected chi connectivity index (χ0v) is 14.5. The third kappa shape index (κ3) is 4.47. The van der Waals surface area contributed by atoms with E-state index in [0.29, 0.717) is 10.8 Å². The average Bonchev–Trinajstić information content (AvgIpc) is 2.49. The van der Waals surface area contributed by atoms with E-state index in [1.54, 1.807) is 7.11 Å². The largest absolute Gasteiger partial charge is 0.495 e. The highest BCUT2D eigenvalue weighted by Gasteiger charge is 2.13. The fourth-order valence-electron chi connectivity index (χ4n) is 2.31. The Labute approximate surface area is 139 Å². The molecule has 0 bridgehead atoms. The normalized spacial score (nSPS) is 12.2. The average molecular weight is 369 g/mol. The SMILES string of the molecule is CCNC(Cc1ccc(Br)cc1)c1ccc(OC)c(Cl)c1. The molecule has 0 aromatic heterocycles. The molecular formula is C17H19BrClNO. The second-order valence-corrected chi connectivity index (χ2v) is 6.16. The molecule has 0 aliphatic carbocycles. The van der Waals surface area contributed by atoms with Gasteiger partial charge in [-0.15, -0.1) is 0 Å². The molecule has 1 atom stereocenters. The Balaban J connectivity index is 2.21. The van der Waals surface area contributed by atoms with E-state index in [4.69, 9.17) is 16.3 Å². The summed E-state index contributed by atoms with van der Waals surface area (Å²) in [7, 11) is 1.63. The minimum absolute atomic E-state index is 0.236. The second kappa shape index (κ2) is 7.83. The van der Waals surface area contributed by atoms with Crippen molar-refractivity contribution in [1.82, 2.24) is 5.32 Å². The summed E-state index contributed by atoms with van der Waals surface area (Å²) in [6.45, 7) is 3.02. The molecule has 2 aromatic carbocycles. The van der Waals surface area contributed by atoms with E-state index in [0.717, 1.165) is 17.4 Å². The van der Waals surface area contributed by atoms with Gasteiger partial charge in [0.1, 0.15) is 5.75 Å². The summed E-state index contributed by atoms with van der Waals surface area (Å²) in [4.78, 5) is 0. The first-order valence-electron chi connectivity index (χ1n) is 6.95. The lowest BCUT2D eigenvalue weighted by molar-refractivity contribution is 0.414. The highest BCUT2D eigenvalue weighted by molar-refractivity contribution is 9.10. The minimum atomic E-state index is 0.236. The van der Waals surface area contributed by atoms with Crippen LogP contribution >= 0.6 is 27.5 Å². The van der Waals surface area contributed by atoms with Gasteiger partial charge >= 0.3 is 0 Å². The molecule has 4 heteroatoms. The van der Waals surface area contributed by atoms with Gasteiger partial charge in [0.25, 0.3) is 0 Å². The lowest BCUT2D eigenvalue weighted by atomic mass is 9.98. The van der Waals surface area contributed by atoms with Gasteiger partial charge in [0.05, 0.1) is 12.1 Å². The Morgan fingerprint density at radius 3 is 2.48 bits per heavy atom. The number of likely N-dealkylation sites (N-methyl/N-ethyl adjacent to an activating group) is 1. The lowest BCUT2D eigenvalue weighted by Gasteiger charge is -2.19. The summed E-state index contributed by atoms with van der Waals surface area (Å²) >= 11 is 9.70. The quantitative estimate of drug-likeness (QED) is 0.774. The van der Waals surface area contributed by atoms with Crippen LogP contribution in [0.25, 0.3) is 0 Å². The summed E-state index contributed by atoms with van der Waals surface area (Å²) in [6, 6.07) is 14.6. The van der Waals surface area contributed by atoms with Crippen molar-refractivity contribution in [3.63, 3.8) is 0 Å². The van der Waals surface area contributed by atoms with Crippen LogP contribution in [0.2, 0.25) is 5.02 Å². The molecule has 0 fully saturated rings. The van der Waals surface area contributed by atoms with E-state index < -0.39 is 0 Å². The number of rotatable bonds is 6. The van der Waals surface area contributed by atoms with Crippen LogP contribution in [-0.4, -0.2) is 13.7 Å². The summed E-state index contributed by atoms with van der Waals surface area (Å²) in [6.07, 6.45) is 0.920. The smallest absolute Gasteiger partial charge is 0.137 e. The van der Waals surface area contributed by atoms with Crippen LogP contribution in [0.1, 0.15) is 24.1 Å². The summed E-state index contributed by atoms with van der Waals surface area (Å²) < 4.78 is 6.31. The molecule has 0 radical (unpaired) electrons. The molecule has 2 nitrogen and oxygen atoms in total. The number of benzene rings is 2. The molecule has 0 saturated carbocycles. The van der Waals surface area contributed by atoms with Crippen LogP contribution in [0.4, 0.5) is 0 Å². The first kappa shape index (κ1) is 16.3. The Morgan fingerprint density at radius 1 is 1.19 bits per heavy atom. The van der Waals surface area contributed by atoms with Gasteiger partial charge in [-0.3, -0.25) is 0 Å². The minimum Gasteiger partial charge on any atom is -0.495 e. The molecule has 2 aromatic rings. The number of nitrogens with one attached hydrogen (secondary N) is 1. The van der Waals surface area contributed by atoms with Crippen LogP contribution in [0, 0.1) is 0 Å². The number of halogens is 2. The Morgan fingerprint density at radius 2 is 1.90 bits per heavy atom. The van der Waals surface area contributed by atoms with Gasteiger partial charge in [0, 0.05) is 10.5 Å². The van der Waals surface area contributed by atoms with E-state index in [1.165, 1.54) is 11.1 Å². The monoisotopic (exact) mass is 367 g/mol. The number of ether oxygens (including phenoxy) is 1. The second-order valence-electron chi connectivity index (χ2n) is 4.83. The van der Waals surface area contributed by atoms with Crippen molar-refractivity contribution in [2.75, 3.05) is 13.7 Å². The van der Waals surface area contributed by atoms with Gasteiger partial charge in [0.2, 0.25) is 0 Å². The molecule has 0 heterocycles. The van der Waals surface area contributed by atoms with Crippen molar-refractivity contribution < 1.29 is 4.74 Å². The van der Waals surface area contributed by atoms with Crippen LogP contribution in [-0.2, 0) is 6.42 Å². The van der Waals surface area contributed by atoms with E-state index in [-0.39, 0.29) is 6.04 Å². The number of hydrogen-bond donors (Lipinski definition) is 1. The maximum Gasteiger partial charge on any atom is 0.137 e. The first-order chi connectivity index (χ1) is 10.1. The molecule has 0 amide bonds. The Bertz CT molecular complexity index is 586. The van der Waals surface area contributed by atoms with Crippen molar-refractivity contribution >= 4 is 27.5 Å². The van der Waals surface area contributed by atoms with E-state index >= 15 is 0 Å². The molecule has 0 aliphatic rings. The predicted molar refractivity (Wildman–Crippen MR) is 92.3 cm³/mol. The lowest BCUT2D eigenvalue weighted by Crippen LogP contribution is -2.23. The molecule has 0 saturated heterocycles. The standard InChI is InChI=1S/C17H19BrClNO/c1-3-20-16(10-12-4-7-14(18)8-5-12)13-6-9-17(21-2)15(19)11-13/h4-9,11,16,20H,3,10H2,1-2H3. The summed E-state index contributed by atoms with van der Waals surface area (Å²) in [5, 5.41) is 4.16. The third-order valence-electron chi connectivity index (χ3n) is 3.38. The van der Waals surface area contributed by atoms with Gasteiger partial charge in [-0.05, 0) is 48.4 Å². The van der Waals surface area contributed by atoms with Crippen molar-refractivity contribution in [2.24, 2.45) is 0 Å². The summed E-state index contributed by atoms with van der Waals surface area (Å²) in [5.74, 6) is 0.708. The fourth-order valence-corrected chi connectivity index (χ4v) is 2.84. The number of hydrogen-bond acceptors (Lipinski definition) is 2. The molecule has 0 aliphatic heterocycles. The predicted octanol–water partition coefficient (Wildman–Crippen LogP) is 5.00. The first-order valence-corrected chi connectivity index (χ1v) is 8.12. The van der Waals surface area contributed by atoms with E-state index in [2.05, 4.69) is 58.5 Å². The molecule has 2 rings (SSSR count). The van der Waals surface area contributed by atoms with E-state index in [9.17, 15) is 0 Å². The Kier molecular flexibility index (Phi) is 6.09. The van der Waals surface area contributed by atoms with Crippen LogP contribution in [0.3, 0.4) is 0 Å². The van der Waals surface area contributed by atoms with Crippen LogP contribution in [0.5, 0.6) is 5.75 Å². The van der Waals surface area contributed by atoms with Crippen LogP contribution < -0.4 is 10.1 Å². The fraction of sp³-hybridized carbons (Fsp3) is 0.294. The van der Waals surface area contributed by atoms with Gasteiger partial charge in [0.15, 0.2) is 0 Å². The Hall–Kier alpha value is -1.03.